The zero-order chi connectivity index (χ0) is 15.4. The van der Waals surface area contributed by atoms with E-state index < -0.39 is 11.9 Å². The van der Waals surface area contributed by atoms with E-state index in [1.165, 1.54) is 6.07 Å². The summed E-state index contributed by atoms with van der Waals surface area (Å²) < 4.78 is 13.5. The van der Waals surface area contributed by atoms with Gasteiger partial charge in [-0.25, -0.2) is 4.39 Å². The van der Waals surface area contributed by atoms with Gasteiger partial charge in [0.25, 0.3) is 0 Å². The highest BCUT2D eigenvalue weighted by Crippen LogP contribution is 2.21. The third kappa shape index (κ3) is 4.55. The molecule has 1 N–H and O–H groups in total. The smallest absolute Gasteiger partial charge is 0.307 e. The minimum absolute atomic E-state index is 0.343. The van der Waals surface area contributed by atoms with Gasteiger partial charge in [-0.3, -0.25) is 4.79 Å². The lowest BCUT2D eigenvalue weighted by molar-refractivity contribution is -0.141. The van der Waals surface area contributed by atoms with E-state index in [1.54, 1.807) is 24.3 Å². The van der Waals surface area contributed by atoms with E-state index in [9.17, 15) is 14.3 Å². The van der Waals surface area contributed by atoms with Crippen LogP contribution in [0.2, 0.25) is 5.02 Å². The van der Waals surface area contributed by atoms with Gasteiger partial charge in [-0.1, -0.05) is 29.8 Å². The normalized spacial score (nSPS) is 12.1. The molecule has 0 saturated carbocycles. The van der Waals surface area contributed by atoms with Crippen LogP contribution in [0.15, 0.2) is 46.9 Å². The third-order valence-corrected chi connectivity index (χ3v) is 4.07. The molecule has 2 nitrogen and oxygen atoms in total. The molecule has 0 radical (unpaired) electrons. The fourth-order valence-corrected chi connectivity index (χ4v) is 2.66. The summed E-state index contributed by atoms with van der Waals surface area (Å²) in [5, 5.41) is 9.98. The lowest BCUT2D eigenvalue weighted by atomic mass is 9.93. The fourth-order valence-electron chi connectivity index (χ4n) is 2.10. The zero-order valence-corrected chi connectivity index (χ0v) is 13.4. The van der Waals surface area contributed by atoms with Gasteiger partial charge < -0.3 is 5.11 Å². The Morgan fingerprint density at radius 2 is 1.71 bits per heavy atom. The van der Waals surface area contributed by atoms with E-state index in [4.69, 9.17) is 11.6 Å². The molecule has 1 atom stereocenters. The van der Waals surface area contributed by atoms with Crippen molar-refractivity contribution in [1.82, 2.24) is 0 Å². The minimum atomic E-state index is -0.870. The Kier molecular flexibility index (Phi) is 5.37. The Morgan fingerprint density at radius 1 is 1.14 bits per heavy atom. The summed E-state index contributed by atoms with van der Waals surface area (Å²) in [6.07, 6.45) is 0.748. The van der Waals surface area contributed by atoms with Crippen LogP contribution in [0.1, 0.15) is 11.1 Å². The van der Waals surface area contributed by atoms with Gasteiger partial charge in [0.05, 0.1) is 10.4 Å². The largest absolute Gasteiger partial charge is 0.481 e. The molecule has 21 heavy (non-hydrogen) atoms. The number of hydrogen-bond donors (Lipinski definition) is 1. The molecule has 0 aliphatic heterocycles. The molecule has 0 heterocycles. The number of rotatable bonds is 5. The average molecular weight is 372 g/mol. The summed E-state index contributed by atoms with van der Waals surface area (Å²) in [7, 11) is 0. The summed E-state index contributed by atoms with van der Waals surface area (Å²) in [6, 6.07) is 11.7. The highest BCUT2D eigenvalue weighted by atomic mass is 79.9. The van der Waals surface area contributed by atoms with Gasteiger partial charge in [0.15, 0.2) is 0 Å². The Hall–Kier alpha value is -1.39. The molecule has 0 spiro atoms. The van der Waals surface area contributed by atoms with Gasteiger partial charge in [-0.15, -0.1) is 0 Å². The Bertz CT molecular complexity index is 643. The number of hydrogen-bond acceptors (Lipinski definition) is 1. The van der Waals surface area contributed by atoms with Crippen molar-refractivity contribution in [1.29, 1.82) is 0 Å². The third-order valence-electron chi connectivity index (χ3n) is 3.21. The highest BCUT2D eigenvalue weighted by molar-refractivity contribution is 9.10. The molecule has 2 aromatic rings. The molecular formula is C16H13BrClFO2. The van der Waals surface area contributed by atoms with Crippen LogP contribution in [0, 0.1) is 11.7 Å². The first-order valence-electron chi connectivity index (χ1n) is 6.37. The molecule has 2 aromatic carbocycles. The van der Waals surface area contributed by atoms with Crippen LogP contribution in [-0.4, -0.2) is 11.1 Å². The highest BCUT2D eigenvalue weighted by Gasteiger charge is 2.19. The molecule has 0 amide bonds. The monoisotopic (exact) mass is 370 g/mol. The summed E-state index contributed by atoms with van der Waals surface area (Å²) in [5.74, 6) is -1.79. The van der Waals surface area contributed by atoms with Crippen LogP contribution in [0.4, 0.5) is 4.39 Å². The number of carboxylic acids is 1. The number of benzene rings is 2. The van der Waals surface area contributed by atoms with Crippen LogP contribution in [0.3, 0.4) is 0 Å². The van der Waals surface area contributed by atoms with Gasteiger partial charge in [0.2, 0.25) is 0 Å². The lowest BCUT2D eigenvalue weighted by Crippen LogP contribution is -2.19. The number of carbonyl (C=O) groups is 1. The van der Waals surface area contributed by atoms with E-state index in [1.807, 2.05) is 12.1 Å². The van der Waals surface area contributed by atoms with Crippen molar-refractivity contribution in [2.45, 2.75) is 12.8 Å². The van der Waals surface area contributed by atoms with Gasteiger partial charge in [0.1, 0.15) is 5.82 Å². The molecule has 0 aliphatic rings. The van der Waals surface area contributed by atoms with Crippen molar-refractivity contribution >= 4 is 33.5 Å². The molecule has 110 valence electrons. The number of halogens is 3. The van der Waals surface area contributed by atoms with Crippen molar-refractivity contribution in [3.63, 3.8) is 0 Å². The molecule has 5 heteroatoms. The maximum Gasteiger partial charge on any atom is 0.307 e. The van der Waals surface area contributed by atoms with Crippen molar-refractivity contribution < 1.29 is 14.3 Å². The van der Waals surface area contributed by atoms with Crippen LogP contribution in [0.25, 0.3) is 0 Å². The number of aliphatic carboxylic acids is 1. The van der Waals surface area contributed by atoms with E-state index in [2.05, 4.69) is 15.9 Å². The van der Waals surface area contributed by atoms with Crippen molar-refractivity contribution in [2.75, 3.05) is 0 Å². The van der Waals surface area contributed by atoms with E-state index in [0.717, 1.165) is 11.1 Å². The molecule has 2 rings (SSSR count). The molecule has 1 unspecified atom stereocenters. The zero-order valence-electron chi connectivity index (χ0n) is 11.0. The van der Waals surface area contributed by atoms with E-state index in [0.29, 0.717) is 22.3 Å². The second-order valence-electron chi connectivity index (χ2n) is 4.82. The van der Waals surface area contributed by atoms with Gasteiger partial charge in [-0.05, 0) is 64.2 Å². The predicted molar refractivity (Wildman–Crippen MR) is 84.1 cm³/mol. The van der Waals surface area contributed by atoms with Gasteiger partial charge in [0, 0.05) is 5.02 Å². The fraction of sp³-hybridized carbons (Fsp3) is 0.188. The lowest BCUT2D eigenvalue weighted by Gasteiger charge is -2.13. The second-order valence-corrected chi connectivity index (χ2v) is 6.11. The Balaban J connectivity index is 2.13. The Labute approximate surface area is 135 Å². The molecule has 0 saturated heterocycles. The predicted octanol–water partition coefficient (Wildman–Crippen LogP) is 4.73. The maximum atomic E-state index is 13.2. The van der Waals surface area contributed by atoms with Crippen molar-refractivity contribution in [3.05, 3.63) is 68.9 Å². The summed E-state index contributed by atoms with van der Waals surface area (Å²) >= 11 is 8.93. The van der Waals surface area contributed by atoms with Crippen LogP contribution in [0.5, 0.6) is 0 Å². The van der Waals surface area contributed by atoms with Crippen molar-refractivity contribution in [2.24, 2.45) is 5.92 Å². The summed E-state index contributed by atoms with van der Waals surface area (Å²) in [4.78, 5) is 11.4. The van der Waals surface area contributed by atoms with E-state index in [-0.39, 0.29) is 5.82 Å². The topological polar surface area (TPSA) is 37.3 Å². The molecular weight excluding hydrogens is 359 g/mol. The van der Waals surface area contributed by atoms with Gasteiger partial charge >= 0.3 is 5.97 Å². The SMILES string of the molecule is O=C(O)C(Cc1ccc(Cl)cc1)Cc1ccc(F)c(Br)c1. The van der Waals surface area contributed by atoms with Crippen molar-refractivity contribution in [3.8, 4) is 0 Å². The quantitative estimate of drug-likeness (QED) is 0.825. The first-order valence-corrected chi connectivity index (χ1v) is 7.54. The molecule has 0 aliphatic carbocycles. The van der Waals surface area contributed by atoms with Crippen LogP contribution in [-0.2, 0) is 17.6 Å². The average Bonchev–Trinajstić information content (AvgIpc) is 2.44. The molecule has 0 fully saturated rings. The standard InChI is InChI=1S/C16H13BrClFO2/c17-14-9-11(3-6-15(14)19)8-12(16(20)21)7-10-1-4-13(18)5-2-10/h1-6,9,12H,7-8H2,(H,20,21). The first kappa shape index (κ1) is 16.0. The van der Waals surface area contributed by atoms with Gasteiger partial charge in [-0.2, -0.15) is 0 Å². The molecule has 0 aromatic heterocycles. The minimum Gasteiger partial charge on any atom is -0.481 e. The summed E-state index contributed by atoms with van der Waals surface area (Å²) in [6.45, 7) is 0. The second kappa shape index (κ2) is 7.05. The summed E-state index contributed by atoms with van der Waals surface area (Å²) in [5.41, 5.74) is 1.69. The Morgan fingerprint density at radius 3 is 2.29 bits per heavy atom. The number of carboxylic acid groups (broad SMARTS) is 1. The van der Waals surface area contributed by atoms with E-state index >= 15 is 0 Å². The van der Waals surface area contributed by atoms with Crippen LogP contribution < -0.4 is 0 Å². The first-order chi connectivity index (χ1) is 9.95. The molecule has 0 bridgehead atoms. The maximum absolute atomic E-state index is 13.2. The van der Waals surface area contributed by atoms with Crippen LogP contribution >= 0.6 is 27.5 Å².